The first-order valence-corrected chi connectivity index (χ1v) is 10.6. The van der Waals surface area contributed by atoms with Crippen LogP contribution in [-0.2, 0) is 20.7 Å². The van der Waals surface area contributed by atoms with E-state index in [2.05, 4.69) is 5.32 Å². The molecular formula is C24H27FN2O3. The number of amides is 2. The van der Waals surface area contributed by atoms with Gasteiger partial charge in [-0.3, -0.25) is 9.59 Å². The molecule has 0 aromatic heterocycles. The van der Waals surface area contributed by atoms with Crippen LogP contribution in [0.4, 0.5) is 15.8 Å². The number of benzene rings is 2. The highest BCUT2D eigenvalue weighted by atomic mass is 19.1. The van der Waals surface area contributed by atoms with E-state index < -0.39 is 0 Å². The van der Waals surface area contributed by atoms with E-state index in [0.717, 1.165) is 48.9 Å². The smallest absolute Gasteiger partial charge is 0.256 e. The third-order valence-electron chi connectivity index (χ3n) is 5.95. The van der Waals surface area contributed by atoms with Crippen LogP contribution in [0.1, 0.15) is 49.7 Å². The second-order valence-electron chi connectivity index (χ2n) is 8.05. The highest BCUT2D eigenvalue weighted by molar-refractivity contribution is 5.98. The number of carbonyl (C=O) groups is 2. The van der Waals surface area contributed by atoms with Crippen molar-refractivity contribution < 1.29 is 18.7 Å². The summed E-state index contributed by atoms with van der Waals surface area (Å²) in [6.45, 7) is 3.20. The van der Waals surface area contributed by atoms with Gasteiger partial charge in [0, 0.05) is 24.5 Å². The van der Waals surface area contributed by atoms with Crippen molar-refractivity contribution in [1.82, 2.24) is 0 Å². The van der Waals surface area contributed by atoms with Crippen molar-refractivity contribution >= 4 is 23.2 Å². The molecule has 2 atom stereocenters. The number of rotatable bonds is 4. The Balaban J connectivity index is 1.49. The Labute approximate surface area is 176 Å². The average Bonchev–Trinajstić information content (AvgIpc) is 2.79. The van der Waals surface area contributed by atoms with Gasteiger partial charge in [0.2, 0.25) is 5.91 Å². The van der Waals surface area contributed by atoms with Gasteiger partial charge in [0.1, 0.15) is 11.9 Å². The lowest BCUT2D eigenvalue weighted by Crippen LogP contribution is -2.44. The van der Waals surface area contributed by atoms with E-state index >= 15 is 0 Å². The third-order valence-corrected chi connectivity index (χ3v) is 5.95. The quantitative estimate of drug-likeness (QED) is 0.812. The van der Waals surface area contributed by atoms with Crippen molar-refractivity contribution in [2.45, 2.75) is 51.0 Å². The lowest BCUT2D eigenvalue weighted by molar-refractivity contribution is -0.132. The lowest BCUT2D eigenvalue weighted by Gasteiger charge is -2.34. The molecule has 2 aromatic rings. The van der Waals surface area contributed by atoms with E-state index in [0.29, 0.717) is 18.8 Å². The Morgan fingerprint density at radius 3 is 2.67 bits per heavy atom. The molecule has 0 aliphatic carbocycles. The van der Waals surface area contributed by atoms with E-state index in [-0.39, 0.29) is 29.7 Å². The van der Waals surface area contributed by atoms with Crippen LogP contribution < -0.4 is 10.2 Å². The molecule has 5 nitrogen and oxygen atoms in total. The number of hydrogen-bond acceptors (Lipinski definition) is 3. The van der Waals surface area contributed by atoms with Crippen LogP contribution in [-0.4, -0.2) is 31.1 Å². The molecule has 4 rings (SSSR count). The topological polar surface area (TPSA) is 58.6 Å². The second-order valence-corrected chi connectivity index (χ2v) is 8.05. The number of halogens is 1. The van der Waals surface area contributed by atoms with Gasteiger partial charge in [-0.05, 0) is 80.5 Å². The lowest BCUT2D eigenvalue weighted by atomic mass is 9.93. The van der Waals surface area contributed by atoms with Crippen LogP contribution in [0.2, 0.25) is 0 Å². The molecular weight excluding hydrogens is 383 g/mol. The summed E-state index contributed by atoms with van der Waals surface area (Å²) in [6, 6.07) is 11.6. The molecule has 1 unspecified atom stereocenters. The maximum absolute atomic E-state index is 13.1. The highest BCUT2D eigenvalue weighted by Gasteiger charge is 2.31. The van der Waals surface area contributed by atoms with Gasteiger partial charge >= 0.3 is 0 Å². The van der Waals surface area contributed by atoms with Crippen molar-refractivity contribution in [3.05, 3.63) is 59.4 Å². The van der Waals surface area contributed by atoms with Gasteiger partial charge in [-0.1, -0.05) is 12.1 Å². The predicted octanol–water partition coefficient (Wildman–Crippen LogP) is 4.42. The molecule has 6 heteroatoms. The number of nitrogens with one attached hydrogen (secondary N) is 1. The largest absolute Gasteiger partial charge is 0.368 e. The first-order chi connectivity index (χ1) is 14.5. The molecule has 1 fully saturated rings. The van der Waals surface area contributed by atoms with Crippen molar-refractivity contribution in [3.63, 3.8) is 0 Å². The van der Waals surface area contributed by atoms with Crippen LogP contribution in [0.5, 0.6) is 0 Å². The average molecular weight is 410 g/mol. The molecule has 1 N–H and O–H groups in total. The molecule has 2 aliphatic heterocycles. The number of anilines is 2. The van der Waals surface area contributed by atoms with E-state index in [1.165, 1.54) is 12.1 Å². The zero-order chi connectivity index (χ0) is 21.1. The van der Waals surface area contributed by atoms with Crippen LogP contribution in [0.15, 0.2) is 42.5 Å². The van der Waals surface area contributed by atoms with Gasteiger partial charge in [-0.15, -0.1) is 0 Å². The Kier molecular flexibility index (Phi) is 6.13. The summed E-state index contributed by atoms with van der Waals surface area (Å²) >= 11 is 0. The fraction of sp³-hybridized carbons (Fsp3) is 0.417. The van der Waals surface area contributed by atoms with E-state index in [1.54, 1.807) is 12.1 Å². The summed E-state index contributed by atoms with van der Waals surface area (Å²) in [5.41, 5.74) is 3.48. The molecule has 0 spiro atoms. The predicted molar refractivity (Wildman–Crippen MR) is 114 cm³/mol. The summed E-state index contributed by atoms with van der Waals surface area (Å²) in [5.74, 6) is -0.812. The van der Waals surface area contributed by atoms with Crippen molar-refractivity contribution in [2.24, 2.45) is 0 Å². The molecule has 2 heterocycles. The molecule has 2 amide bonds. The third kappa shape index (κ3) is 4.38. The van der Waals surface area contributed by atoms with Crippen LogP contribution >= 0.6 is 0 Å². The molecule has 0 saturated carbocycles. The highest BCUT2D eigenvalue weighted by Crippen LogP contribution is 2.32. The maximum Gasteiger partial charge on any atom is 0.256 e. The first kappa shape index (κ1) is 20.5. The SMILES string of the molecule is CC(C(=O)Nc1ccc(F)cc1)c1ccc2c(c1)CCCN2C(=O)[C@@H]1CCCCO1. The Morgan fingerprint density at radius 2 is 1.93 bits per heavy atom. The van der Waals surface area contributed by atoms with Crippen LogP contribution in [0.25, 0.3) is 0 Å². The minimum Gasteiger partial charge on any atom is -0.368 e. The van der Waals surface area contributed by atoms with Crippen molar-refractivity contribution in [1.29, 1.82) is 0 Å². The van der Waals surface area contributed by atoms with E-state index in [9.17, 15) is 14.0 Å². The number of nitrogens with zero attached hydrogens (tertiary/aromatic N) is 1. The Morgan fingerprint density at radius 1 is 1.13 bits per heavy atom. The minimum atomic E-state index is -0.367. The Bertz CT molecular complexity index is 923. The molecule has 0 radical (unpaired) electrons. The molecule has 0 bridgehead atoms. The summed E-state index contributed by atoms with van der Waals surface area (Å²) in [7, 11) is 0. The van der Waals surface area contributed by atoms with Gasteiger partial charge in [0.25, 0.3) is 5.91 Å². The molecule has 2 aliphatic rings. The summed E-state index contributed by atoms with van der Waals surface area (Å²) in [4.78, 5) is 27.5. The second kappa shape index (κ2) is 8.96. The zero-order valence-corrected chi connectivity index (χ0v) is 17.2. The van der Waals surface area contributed by atoms with Crippen molar-refractivity contribution in [3.8, 4) is 0 Å². The van der Waals surface area contributed by atoms with Gasteiger partial charge in [0.15, 0.2) is 0 Å². The maximum atomic E-state index is 13.1. The van der Waals surface area contributed by atoms with Gasteiger partial charge in [-0.25, -0.2) is 4.39 Å². The molecule has 30 heavy (non-hydrogen) atoms. The molecule has 1 saturated heterocycles. The van der Waals surface area contributed by atoms with Gasteiger partial charge in [-0.2, -0.15) is 0 Å². The van der Waals surface area contributed by atoms with E-state index in [1.807, 2.05) is 30.0 Å². The summed E-state index contributed by atoms with van der Waals surface area (Å²) in [5, 5.41) is 2.83. The number of fused-ring (bicyclic) bond motifs is 1. The summed E-state index contributed by atoms with van der Waals surface area (Å²) in [6.07, 6.45) is 4.25. The number of aryl methyl sites for hydroxylation is 1. The monoisotopic (exact) mass is 410 g/mol. The first-order valence-electron chi connectivity index (χ1n) is 10.6. The fourth-order valence-electron chi connectivity index (χ4n) is 4.16. The molecule has 158 valence electrons. The van der Waals surface area contributed by atoms with Crippen LogP contribution in [0.3, 0.4) is 0 Å². The van der Waals surface area contributed by atoms with Crippen molar-refractivity contribution in [2.75, 3.05) is 23.4 Å². The minimum absolute atomic E-state index is 0.0468. The van der Waals surface area contributed by atoms with E-state index in [4.69, 9.17) is 4.74 Å². The fourth-order valence-corrected chi connectivity index (χ4v) is 4.16. The number of ether oxygens (including phenoxy) is 1. The number of carbonyl (C=O) groups excluding carboxylic acids is 2. The zero-order valence-electron chi connectivity index (χ0n) is 17.2. The van der Waals surface area contributed by atoms with Gasteiger partial charge < -0.3 is 15.0 Å². The van der Waals surface area contributed by atoms with Crippen LogP contribution in [0, 0.1) is 5.82 Å². The Hall–Kier alpha value is -2.73. The molecule has 2 aromatic carbocycles. The number of hydrogen-bond donors (Lipinski definition) is 1. The summed E-state index contributed by atoms with van der Waals surface area (Å²) < 4.78 is 18.8. The van der Waals surface area contributed by atoms with Gasteiger partial charge in [0.05, 0.1) is 5.92 Å². The normalized spacial score (nSPS) is 19.7. The standard InChI is InChI=1S/C24H27FN2O3/c1-16(23(28)26-20-10-8-19(25)9-11-20)17-7-12-21-18(15-17)5-4-13-27(21)24(29)22-6-2-3-14-30-22/h7-12,15-16,22H,2-6,13-14H2,1H3,(H,26,28)/t16?,22-/m0/s1.